The highest BCUT2D eigenvalue weighted by molar-refractivity contribution is 7.92. The minimum atomic E-state index is -3.77. The molecule has 0 saturated carbocycles. The Morgan fingerprint density at radius 1 is 0.944 bits per heavy atom. The second-order valence-electron chi connectivity index (χ2n) is 8.99. The summed E-state index contributed by atoms with van der Waals surface area (Å²) in [6, 6.07) is 18.9. The van der Waals surface area contributed by atoms with Gasteiger partial charge in [0.1, 0.15) is 5.75 Å². The van der Waals surface area contributed by atoms with E-state index >= 15 is 0 Å². The number of ether oxygens (including phenoxy) is 2. The third-order valence-corrected chi connectivity index (χ3v) is 8.21. The average Bonchev–Trinajstić information content (AvgIpc) is 2.90. The number of carbonyl (C=O) groups is 2. The smallest absolute Gasteiger partial charge is 0.344 e. The lowest BCUT2D eigenvalue weighted by Gasteiger charge is -2.30. The van der Waals surface area contributed by atoms with Crippen LogP contribution in [0.1, 0.15) is 19.8 Å². The molecule has 1 heterocycles. The molecule has 0 aliphatic carbocycles. The van der Waals surface area contributed by atoms with Crippen LogP contribution in [0, 0.1) is 5.92 Å². The van der Waals surface area contributed by atoms with Crippen LogP contribution in [0.25, 0.3) is 10.8 Å². The molecule has 4 rings (SSSR count). The fourth-order valence-corrected chi connectivity index (χ4v) is 5.28. The number of hydrogen-bond donors (Lipinski definition) is 0. The number of esters is 1. The Labute approximate surface area is 211 Å². The molecule has 1 fully saturated rings. The fourth-order valence-electron chi connectivity index (χ4n) is 4.05. The highest BCUT2D eigenvalue weighted by Crippen LogP contribution is 2.26. The van der Waals surface area contributed by atoms with Gasteiger partial charge in [0, 0.05) is 20.1 Å². The summed E-state index contributed by atoms with van der Waals surface area (Å²) in [4.78, 5) is 26.1. The van der Waals surface area contributed by atoms with Crippen LogP contribution >= 0.6 is 0 Å². The van der Waals surface area contributed by atoms with Crippen molar-refractivity contribution < 1.29 is 27.5 Å². The quantitative estimate of drug-likeness (QED) is 0.428. The minimum absolute atomic E-state index is 0.195. The zero-order valence-corrected chi connectivity index (χ0v) is 21.2. The van der Waals surface area contributed by atoms with Crippen LogP contribution in [-0.2, 0) is 24.3 Å². The summed E-state index contributed by atoms with van der Waals surface area (Å²) in [5.74, 6) is 0.141. The van der Waals surface area contributed by atoms with Crippen molar-refractivity contribution >= 4 is 38.4 Å². The second-order valence-corrected chi connectivity index (χ2v) is 11.0. The molecule has 0 bridgehead atoms. The Morgan fingerprint density at radius 2 is 1.61 bits per heavy atom. The zero-order chi connectivity index (χ0) is 25.7. The van der Waals surface area contributed by atoms with Crippen molar-refractivity contribution in [3.8, 4) is 5.75 Å². The summed E-state index contributed by atoms with van der Waals surface area (Å²) in [7, 11) is -2.28. The molecule has 1 aliphatic rings. The molecule has 1 amide bonds. The summed E-state index contributed by atoms with van der Waals surface area (Å²) < 4.78 is 38.0. The maximum Gasteiger partial charge on any atom is 0.344 e. The van der Waals surface area contributed by atoms with Crippen LogP contribution in [0.5, 0.6) is 5.75 Å². The third-order valence-electron chi connectivity index (χ3n) is 6.43. The van der Waals surface area contributed by atoms with Crippen molar-refractivity contribution in [2.24, 2.45) is 5.92 Å². The number of carbonyl (C=O) groups excluding carboxylic acids is 2. The van der Waals surface area contributed by atoms with Crippen molar-refractivity contribution in [2.75, 3.05) is 37.7 Å². The summed E-state index contributed by atoms with van der Waals surface area (Å²) >= 11 is 0. The van der Waals surface area contributed by atoms with E-state index in [4.69, 9.17) is 9.47 Å². The maximum atomic E-state index is 13.1. The van der Waals surface area contributed by atoms with Crippen molar-refractivity contribution in [2.45, 2.75) is 24.7 Å². The Kier molecular flexibility index (Phi) is 7.79. The molecule has 3 aromatic rings. The molecule has 190 valence electrons. The molecular formula is C27H30N2O6S. The largest absolute Gasteiger partial charge is 0.482 e. The number of nitrogens with zero attached hydrogens (tertiary/aromatic N) is 2. The Hall–Kier alpha value is -3.59. The normalized spacial score (nSPS) is 14.4. The van der Waals surface area contributed by atoms with Crippen LogP contribution in [0.2, 0.25) is 0 Å². The number of anilines is 1. The van der Waals surface area contributed by atoms with Gasteiger partial charge in [-0.3, -0.25) is 9.10 Å². The van der Waals surface area contributed by atoms with Crippen LogP contribution < -0.4 is 9.04 Å². The number of piperidine rings is 1. The van der Waals surface area contributed by atoms with Gasteiger partial charge in [0.2, 0.25) is 0 Å². The topological polar surface area (TPSA) is 93.2 Å². The molecular weight excluding hydrogens is 480 g/mol. The molecule has 0 N–H and O–H groups in total. The van der Waals surface area contributed by atoms with E-state index in [0.717, 1.165) is 23.6 Å². The van der Waals surface area contributed by atoms with E-state index in [1.54, 1.807) is 47.4 Å². The van der Waals surface area contributed by atoms with Crippen molar-refractivity contribution in [1.29, 1.82) is 0 Å². The summed E-state index contributed by atoms with van der Waals surface area (Å²) in [5, 5.41) is 1.81. The number of hydrogen-bond acceptors (Lipinski definition) is 6. The van der Waals surface area contributed by atoms with Gasteiger partial charge in [-0.2, -0.15) is 0 Å². The highest BCUT2D eigenvalue weighted by Gasteiger charge is 2.23. The monoisotopic (exact) mass is 510 g/mol. The number of sulfonamides is 1. The van der Waals surface area contributed by atoms with Crippen LogP contribution in [0.3, 0.4) is 0 Å². The predicted molar refractivity (Wildman–Crippen MR) is 137 cm³/mol. The van der Waals surface area contributed by atoms with Gasteiger partial charge in [0.05, 0.1) is 10.6 Å². The van der Waals surface area contributed by atoms with E-state index in [1.165, 1.54) is 11.4 Å². The van der Waals surface area contributed by atoms with Gasteiger partial charge in [-0.05, 0) is 65.9 Å². The lowest BCUT2D eigenvalue weighted by atomic mass is 9.99. The molecule has 1 saturated heterocycles. The SMILES string of the molecule is CC1CCN(C(=O)COC(=O)COc2ccc(N(C)S(=O)(=O)c3ccc4ccccc4c3)cc2)CC1. The molecule has 8 nitrogen and oxygen atoms in total. The van der Waals surface area contributed by atoms with Gasteiger partial charge in [-0.1, -0.05) is 37.3 Å². The van der Waals surface area contributed by atoms with Crippen LogP contribution in [-0.4, -0.2) is 58.5 Å². The lowest BCUT2D eigenvalue weighted by molar-refractivity contribution is -0.154. The van der Waals surface area contributed by atoms with E-state index < -0.39 is 16.0 Å². The zero-order valence-electron chi connectivity index (χ0n) is 20.4. The van der Waals surface area contributed by atoms with Crippen LogP contribution in [0.15, 0.2) is 71.6 Å². The van der Waals surface area contributed by atoms with Gasteiger partial charge in [-0.15, -0.1) is 0 Å². The van der Waals surface area contributed by atoms with Gasteiger partial charge < -0.3 is 14.4 Å². The van der Waals surface area contributed by atoms with Crippen molar-refractivity contribution in [1.82, 2.24) is 4.90 Å². The van der Waals surface area contributed by atoms with Gasteiger partial charge >= 0.3 is 5.97 Å². The lowest BCUT2D eigenvalue weighted by Crippen LogP contribution is -2.40. The van der Waals surface area contributed by atoms with E-state index in [2.05, 4.69) is 6.92 Å². The number of rotatable bonds is 8. The third kappa shape index (κ3) is 5.96. The maximum absolute atomic E-state index is 13.1. The highest BCUT2D eigenvalue weighted by atomic mass is 32.2. The molecule has 3 aromatic carbocycles. The fraction of sp³-hybridized carbons (Fsp3) is 0.333. The first kappa shape index (κ1) is 25.5. The molecule has 0 aromatic heterocycles. The molecule has 0 atom stereocenters. The Bertz CT molecular complexity index is 1330. The Morgan fingerprint density at radius 3 is 2.31 bits per heavy atom. The first-order valence-electron chi connectivity index (χ1n) is 11.9. The van der Waals surface area contributed by atoms with E-state index in [9.17, 15) is 18.0 Å². The van der Waals surface area contributed by atoms with Gasteiger partial charge in [-0.25, -0.2) is 13.2 Å². The van der Waals surface area contributed by atoms with Crippen molar-refractivity contribution in [3.63, 3.8) is 0 Å². The molecule has 0 unspecified atom stereocenters. The standard InChI is InChI=1S/C27H30N2O6S/c1-20-13-15-29(16-14-20)26(30)18-35-27(31)19-34-24-10-8-23(9-11-24)28(2)36(32,33)25-12-7-21-5-3-4-6-22(21)17-25/h3-12,17,20H,13-16,18-19H2,1-2H3. The number of amides is 1. The van der Waals surface area contributed by atoms with E-state index in [1.807, 2.05) is 24.3 Å². The Balaban J connectivity index is 1.30. The van der Waals surface area contributed by atoms with E-state index in [0.29, 0.717) is 30.4 Å². The van der Waals surface area contributed by atoms with Crippen molar-refractivity contribution in [3.05, 3.63) is 66.7 Å². The molecule has 9 heteroatoms. The molecule has 36 heavy (non-hydrogen) atoms. The number of fused-ring (bicyclic) bond motifs is 1. The molecule has 0 spiro atoms. The number of benzene rings is 3. The van der Waals surface area contributed by atoms with Gasteiger partial charge in [0.15, 0.2) is 13.2 Å². The van der Waals surface area contributed by atoms with E-state index in [-0.39, 0.29) is 24.0 Å². The second kappa shape index (κ2) is 11.0. The van der Waals surface area contributed by atoms with Gasteiger partial charge in [0.25, 0.3) is 15.9 Å². The first-order valence-corrected chi connectivity index (χ1v) is 13.3. The number of likely N-dealkylation sites (tertiary alicyclic amines) is 1. The van der Waals surface area contributed by atoms with Crippen LogP contribution in [0.4, 0.5) is 5.69 Å². The molecule has 0 radical (unpaired) electrons. The minimum Gasteiger partial charge on any atom is -0.482 e. The molecule has 1 aliphatic heterocycles. The summed E-state index contributed by atoms with van der Waals surface area (Å²) in [6.07, 6.45) is 1.91. The first-order chi connectivity index (χ1) is 17.2. The predicted octanol–water partition coefficient (Wildman–Crippen LogP) is 3.85. The summed E-state index contributed by atoms with van der Waals surface area (Å²) in [5.41, 5.74) is 0.444. The summed E-state index contributed by atoms with van der Waals surface area (Å²) in [6.45, 7) is 2.88. The average molecular weight is 511 g/mol.